The van der Waals surface area contributed by atoms with Crippen molar-refractivity contribution in [3.05, 3.63) is 64.0 Å². The van der Waals surface area contributed by atoms with Crippen LogP contribution in [0.2, 0.25) is 0 Å². The van der Waals surface area contributed by atoms with Crippen LogP contribution in [0, 0.1) is 10.1 Å². The standard InChI is InChI=1S/C23H27N5O3/c1-2-11-27-21-10-9-18(24-23(29)17-7-6-8-19(14-17)28(30)31)15-20(21)25-22(27)16-26-12-4-3-5-13-26/h6-10,14-15H,2-5,11-13,16H2,1H3,(H,24,29). The van der Waals surface area contributed by atoms with Gasteiger partial charge < -0.3 is 9.88 Å². The lowest BCUT2D eigenvalue weighted by Crippen LogP contribution is -2.30. The molecule has 0 spiro atoms. The average Bonchev–Trinajstić information content (AvgIpc) is 3.11. The van der Waals surface area contributed by atoms with Crippen LogP contribution >= 0.6 is 0 Å². The van der Waals surface area contributed by atoms with E-state index < -0.39 is 4.92 Å². The fourth-order valence-electron chi connectivity index (χ4n) is 4.13. The van der Waals surface area contributed by atoms with Crippen LogP contribution in [0.1, 0.15) is 48.8 Å². The molecule has 162 valence electrons. The summed E-state index contributed by atoms with van der Waals surface area (Å²) in [6.45, 7) is 6.12. The van der Waals surface area contributed by atoms with Crippen molar-refractivity contribution in [2.75, 3.05) is 18.4 Å². The second-order valence-electron chi connectivity index (χ2n) is 7.98. The van der Waals surface area contributed by atoms with E-state index in [4.69, 9.17) is 4.98 Å². The summed E-state index contributed by atoms with van der Waals surface area (Å²) in [5.74, 6) is 0.672. The molecule has 1 saturated heterocycles. The lowest BCUT2D eigenvalue weighted by Gasteiger charge is -2.26. The molecule has 0 bridgehead atoms. The van der Waals surface area contributed by atoms with Crippen molar-refractivity contribution in [3.63, 3.8) is 0 Å². The summed E-state index contributed by atoms with van der Waals surface area (Å²) in [6, 6.07) is 11.4. The maximum atomic E-state index is 12.6. The van der Waals surface area contributed by atoms with E-state index in [9.17, 15) is 14.9 Å². The molecule has 0 atom stereocenters. The Balaban J connectivity index is 1.57. The number of benzene rings is 2. The van der Waals surface area contributed by atoms with Gasteiger partial charge in [0.15, 0.2) is 0 Å². The number of nitro benzene ring substituents is 1. The third-order valence-electron chi connectivity index (χ3n) is 5.67. The third kappa shape index (κ3) is 4.74. The van der Waals surface area contributed by atoms with E-state index in [0.717, 1.165) is 49.5 Å². The zero-order valence-corrected chi connectivity index (χ0v) is 17.7. The molecule has 1 fully saturated rings. The van der Waals surface area contributed by atoms with Crippen LogP contribution in [0.15, 0.2) is 42.5 Å². The molecule has 2 heterocycles. The van der Waals surface area contributed by atoms with Gasteiger partial charge in [-0.15, -0.1) is 0 Å². The number of amides is 1. The summed E-state index contributed by atoms with van der Waals surface area (Å²) in [5, 5.41) is 13.8. The molecule has 1 amide bonds. The second kappa shape index (κ2) is 9.26. The van der Waals surface area contributed by atoms with Gasteiger partial charge in [0, 0.05) is 29.9 Å². The minimum atomic E-state index is -0.507. The van der Waals surface area contributed by atoms with E-state index in [0.29, 0.717) is 5.69 Å². The number of carbonyl (C=O) groups is 1. The van der Waals surface area contributed by atoms with Crippen LogP contribution in [-0.4, -0.2) is 38.4 Å². The molecule has 3 aromatic rings. The molecule has 1 N–H and O–H groups in total. The Kier molecular flexibility index (Phi) is 6.27. The van der Waals surface area contributed by atoms with Crippen molar-refractivity contribution in [3.8, 4) is 0 Å². The highest BCUT2D eigenvalue weighted by Crippen LogP contribution is 2.24. The van der Waals surface area contributed by atoms with Gasteiger partial charge in [0.05, 0.1) is 22.5 Å². The van der Waals surface area contributed by atoms with Gasteiger partial charge in [0.25, 0.3) is 11.6 Å². The molecular formula is C23H27N5O3. The molecule has 0 aliphatic carbocycles. The maximum Gasteiger partial charge on any atom is 0.270 e. The number of aryl methyl sites for hydroxylation is 1. The van der Waals surface area contributed by atoms with Crippen molar-refractivity contribution in [1.29, 1.82) is 0 Å². The SMILES string of the molecule is CCCn1c(CN2CCCCC2)nc2cc(NC(=O)c3cccc([N+](=O)[O-])c3)ccc21. The summed E-state index contributed by atoms with van der Waals surface area (Å²) in [6.07, 6.45) is 4.79. The number of non-ortho nitro benzene ring substituents is 1. The molecule has 8 heteroatoms. The summed E-state index contributed by atoms with van der Waals surface area (Å²) in [4.78, 5) is 30.4. The number of nitrogens with one attached hydrogen (secondary N) is 1. The fraction of sp³-hybridized carbons (Fsp3) is 0.391. The first-order valence-corrected chi connectivity index (χ1v) is 10.8. The number of hydrogen-bond acceptors (Lipinski definition) is 5. The number of anilines is 1. The lowest BCUT2D eigenvalue weighted by atomic mass is 10.1. The number of aromatic nitrogens is 2. The molecule has 1 aliphatic heterocycles. The number of carbonyl (C=O) groups excluding carboxylic acids is 1. The molecule has 0 radical (unpaired) electrons. The first-order chi connectivity index (χ1) is 15.0. The van der Waals surface area contributed by atoms with Crippen molar-refractivity contribution in [2.24, 2.45) is 0 Å². The van der Waals surface area contributed by atoms with Crippen LogP contribution < -0.4 is 5.32 Å². The van der Waals surface area contributed by atoms with Crippen molar-refractivity contribution in [1.82, 2.24) is 14.5 Å². The lowest BCUT2D eigenvalue weighted by molar-refractivity contribution is -0.384. The molecule has 8 nitrogen and oxygen atoms in total. The van der Waals surface area contributed by atoms with Gasteiger partial charge in [-0.1, -0.05) is 19.4 Å². The van der Waals surface area contributed by atoms with Crippen LogP contribution in [0.25, 0.3) is 11.0 Å². The monoisotopic (exact) mass is 421 g/mol. The molecule has 1 aromatic heterocycles. The highest BCUT2D eigenvalue weighted by atomic mass is 16.6. The smallest absolute Gasteiger partial charge is 0.270 e. The molecule has 4 rings (SSSR count). The Labute approximate surface area is 181 Å². The van der Waals surface area contributed by atoms with Crippen molar-refractivity contribution >= 4 is 28.3 Å². The molecule has 0 saturated carbocycles. The quantitative estimate of drug-likeness (QED) is 0.445. The van der Waals surface area contributed by atoms with Crippen LogP contribution in [0.5, 0.6) is 0 Å². The van der Waals surface area contributed by atoms with Gasteiger partial charge in [-0.25, -0.2) is 4.98 Å². The topological polar surface area (TPSA) is 93.3 Å². The van der Waals surface area contributed by atoms with Gasteiger partial charge in [0.1, 0.15) is 5.82 Å². The molecular weight excluding hydrogens is 394 g/mol. The number of nitro groups is 1. The third-order valence-corrected chi connectivity index (χ3v) is 5.67. The zero-order chi connectivity index (χ0) is 21.8. The van der Waals surface area contributed by atoms with Gasteiger partial charge in [-0.05, 0) is 56.6 Å². The van der Waals surface area contributed by atoms with E-state index in [2.05, 4.69) is 21.7 Å². The Hall–Kier alpha value is -3.26. The summed E-state index contributed by atoms with van der Waals surface area (Å²) >= 11 is 0. The van der Waals surface area contributed by atoms with Gasteiger partial charge in [-0.3, -0.25) is 19.8 Å². The number of likely N-dealkylation sites (tertiary alicyclic amines) is 1. The molecule has 1 aliphatic rings. The largest absolute Gasteiger partial charge is 0.327 e. The highest BCUT2D eigenvalue weighted by molar-refractivity contribution is 6.05. The normalized spacial score (nSPS) is 14.6. The predicted molar refractivity (Wildman–Crippen MR) is 120 cm³/mol. The number of fused-ring (bicyclic) bond motifs is 1. The van der Waals surface area contributed by atoms with E-state index in [1.807, 2.05) is 18.2 Å². The predicted octanol–water partition coefficient (Wildman–Crippen LogP) is 4.59. The van der Waals surface area contributed by atoms with Crippen LogP contribution in [-0.2, 0) is 13.1 Å². The maximum absolute atomic E-state index is 12.6. The fourth-order valence-corrected chi connectivity index (χ4v) is 4.13. The first kappa shape index (κ1) is 21.0. The summed E-state index contributed by atoms with van der Waals surface area (Å²) in [7, 11) is 0. The van der Waals surface area contributed by atoms with Crippen LogP contribution in [0.4, 0.5) is 11.4 Å². The van der Waals surface area contributed by atoms with Gasteiger partial charge in [-0.2, -0.15) is 0 Å². The Bertz CT molecular complexity index is 1100. The Morgan fingerprint density at radius 3 is 2.71 bits per heavy atom. The number of imidazole rings is 1. The molecule has 0 unspecified atom stereocenters. The summed E-state index contributed by atoms with van der Waals surface area (Å²) in [5.41, 5.74) is 2.66. The first-order valence-electron chi connectivity index (χ1n) is 10.8. The number of piperidine rings is 1. The molecule has 31 heavy (non-hydrogen) atoms. The highest BCUT2D eigenvalue weighted by Gasteiger charge is 2.17. The van der Waals surface area contributed by atoms with Crippen molar-refractivity contribution < 1.29 is 9.72 Å². The van der Waals surface area contributed by atoms with E-state index in [1.54, 1.807) is 6.07 Å². The van der Waals surface area contributed by atoms with Crippen molar-refractivity contribution in [2.45, 2.75) is 45.7 Å². The van der Waals surface area contributed by atoms with E-state index >= 15 is 0 Å². The number of hydrogen-bond donors (Lipinski definition) is 1. The van der Waals surface area contributed by atoms with Crippen LogP contribution in [0.3, 0.4) is 0 Å². The van der Waals surface area contributed by atoms with Gasteiger partial charge in [0.2, 0.25) is 0 Å². The zero-order valence-electron chi connectivity index (χ0n) is 17.7. The van der Waals surface area contributed by atoms with E-state index in [1.165, 1.54) is 37.5 Å². The Morgan fingerprint density at radius 1 is 1.16 bits per heavy atom. The minimum absolute atomic E-state index is 0.108. The Morgan fingerprint density at radius 2 is 1.97 bits per heavy atom. The van der Waals surface area contributed by atoms with E-state index in [-0.39, 0.29) is 17.2 Å². The minimum Gasteiger partial charge on any atom is -0.327 e. The number of nitrogens with zero attached hydrogens (tertiary/aromatic N) is 4. The second-order valence-corrected chi connectivity index (χ2v) is 7.98. The summed E-state index contributed by atoms with van der Waals surface area (Å²) < 4.78 is 2.27. The average molecular weight is 422 g/mol. The van der Waals surface area contributed by atoms with Gasteiger partial charge >= 0.3 is 0 Å². The number of rotatable bonds is 7. The molecule has 2 aromatic carbocycles.